The van der Waals surface area contributed by atoms with Crippen molar-refractivity contribution in [2.45, 2.75) is 26.3 Å². The molecule has 0 radical (unpaired) electrons. The molecule has 1 fully saturated rings. The number of hydrogen-bond donors (Lipinski definition) is 2. The minimum atomic E-state index is -0.00732. The average Bonchev–Trinajstić information content (AvgIpc) is 2.95. The van der Waals surface area contributed by atoms with Crippen molar-refractivity contribution in [3.05, 3.63) is 48.0 Å². The Hall–Kier alpha value is -1.62. The first-order chi connectivity index (χ1) is 11.5. The maximum atomic E-state index is 12.4. The van der Waals surface area contributed by atoms with Crippen LogP contribution in [0.3, 0.4) is 0 Å². The van der Waals surface area contributed by atoms with E-state index in [2.05, 4.69) is 41.4 Å². The lowest BCUT2D eigenvalue weighted by Gasteiger charge is -2.23. The molecular weight excluding hydrogens is 334 g/mol. The molecule has 136 valence electrons. The topological polar surface area (TPSA) is 58.4 Å². The van der Waals surface area contributed by atoms with E-state index in [4.69, 9.17) is 5.73 Å². The van der Waals surface area contributed by atoms with Crippen LogP contribution >= 0.6 is 12.4 Å². The number of halogens is 1. The number of hydrogen-bond acceptors (Lipinski definition) is 3. The highest BCUT2D eigenvalue weighted by molar-refractivity contribution is 5.87. The van der Waals surface area contributed by atoms with Gasteiger partial charge in [0, 0.05) is 6.54 Å². The van der Waals surface area contributed by atoms with Gasteiger partial charge in [0.15, 0.2) is 0 Å². The maximum Gasteiger partial charge on any atom is 0.234 e. The van der Waals surface area contributed by atoms with Gasteiger partial charge in [-0.2, -0.15) is 0 Å². The Morgan fingerprint density at radius 1 is 1.28 bits per heavy atom. The van der Waals surface area contributed by atoms with Gasteiger partial charge in [-0.1, -0.05) is 49.4 Å². The van der Waals surface area contributed by atoms with Crippen LogP contribution in [0.2, 0.25) is 0 Å². The summed E-state index contributed by atoms with van der Waals surface area (Å²) >= 11 is 0. The van der Waals surface area contributed by atoms with Crippen LogP contribution in [0, 0.1) is 5.41 Å². The Balaban J connectivity index is 0.00000225. The molecule has 4 nitrogen and oxygen atoms in total. The van der Waals surface area contributed by atoms with Gasteiger partial charge in [-0.3, -0.25) is 9.69 Å². The third kappa shape index (κ3) is 4.51. The molecule has 2 atom stereocenters. The highest BCUT2D eigenvalue weighted by Crippen LogP contribution is 2.28. The Kier molecular flexibility index (Phi) is 6.44. The molecule has 3 rings (SSSR count). The highest BCUT2D eigenvalue weighted by Gasteiger charge is 2.33. The molecule has 5 heteroatoms. The quantitative estimate of drug-likeness (QED) is 0.860. The van der Waals surface area contributed by atoms with Gasteiger partial charge >= 0.3 is 0 Å². The van der Waals surface area contributed by atoms with Crippen LogP contribution in [0.5, 0.6) is 0 Å². The van der Waals surface area contributed by atoms with Gasteiger partial charge in [0.05, 0.1) is 12.6 Å². The van der Waals surface area contributed by atoms with E-state index in [1.807, 2.05) is 25.1 Å². The van der Waals surface area contributed by atoms with Gasteiger partial charge in [-0.05, 0) is 48.2 Å². The Morgan fingerprint density at radius 3 is 2.72 bits per heavy atom. The van der Waals surface area contributed by atoms with Crippen molar-refractivity contribution in [3.8, 4) is 0 Å². The third-order valence-electron chi connectivity index (χ3n) is 5.16. The maximum absolute atomic E-state index is 12.4. The highest BCUT2D eigenvalue weighted by atomic mass is 35.5. The van der Waals surface area contributed by atoms with E-state index in [1.165, 1.54) is 10.8 Å². The normalized spacial score (nSPS) is 21.7. The van der Waals surface area contributed by atoms with E-state index in [0.717, 1.165) is 25.1 Å². The van der Waals surface area contributed by atoms with Gasteiger partial charge in [0.1, 0.15) is 0 Å². The smallest absolute Gasteiger partial charge is 0.234 e. The molecule has 3 N–H and O–H groups in total. The number of nitrogens with one attached hydrogen (secondary N) is 1. The van der Waals surface area contributed by atoms with Crippen LogP contribution < -0.4 is 11.1 Å². The van der Waals surface area contributed by atoms with Gasteiger partial charge in [-0.15, -0.1) is 12.4 Å². The van der Waals surface area contributed by atoms with E-state index in [1.54, 1.807) is 0 Å². The Morgan fingerprint density at radius 2 is 2.00 bits per heavy atom. The summed E-state index contributed by atoms with van der Waals surface area (Å²) < 4.78 is 0. The summed E-state index contributed by atoms with van der Waals surface area (Å²) in [6, 6.07) is 14.5. The predicted molar refractivity (Wildman–Crippen MR) is 106 cm³/mol. The number of rotatable bonds is 5. The Bertz CT molecular complexity index is 730. The lowest BCUT2D eigenvalue weighted by Crippen LogP contribution is -2.39. The zero-order chi connectivity index (χ0) is 17.2. The van der Waals surface area contributed by atoms with Crippen LogP contribution in [-0.2, 0) is 4.79 Å². The molecule has 0 bridgehead atoms. The van der Waals surface area contributed by atoms with E-state index < -0.39 is 0 Å². The fourth-order valence-electron chi connectivity index (χ4n) is 3.62. The van der Waals surface area contributed by atoms with E-state index >= 15 is 0 Å². The zero-order valence-electron chi connectivity index (χ0n) is 15.0. The summed E-state index contributed by atoms with van der Waals surface area (Å²) in [6.45, 7) is 7.23. The number of carbonyl (C=O) groups excluding carboxylic acids is 1. The molecule has 2 aromatic carbocycles. The molecule has 0 spiro atoms. The molecular formula is C20H28ClN3O. The molecule has 1 aliphatic heterocycles. The molecule has 25 heavy (non-hydrogen) atoms. The van der Waals surface area contributed by atoms with Crippen LogP contribution in [0.1, 0.15) is 31.9 Å². The summed E-state index contributed by atoms with van der Waals surface area (Å²) in [7, 11) is 0. The number of likely N-dealkylation sites (tertiary alicyclic amines) is 1. The second kappa shape index (κ2) is 8.17. The lowest BCUT2D eigenvalue weighted by atomic mass is 9.90. The molecule has 0 saturated carbocycles. The first-order valence-electron chi connectivity index (χ1n) is 8.70. The van der Waals surface area contributed by atoms with Crippen molar-refractivity contribution in [2.24, 2.45) is 11.1 Å². The van der Waals surface area contributed by atoms with Crippen molar-refractivity contribution in [1.82, 2.24) is 10.2 Å². The number of amides is 1. The minimum Gasteiger partial charge on any atom is -0.348 e. The monoisotopic (exact) mass is 361 g/mol. The molecule has 2 unspecified atom stereocenters. The second-order valence-electron chi connectivity index (χ2n) is 7.33. The van der Waals surface area contributed by atoms with Gasteiger partial charge < -0.3 is 11.1 Å². The molecule has 0 aromatic heterocycles. The lowest BCUT2D eigenvalue weighted by molar-refractivity contribution is -0.122. The fourth-order valence-corrected chi connectivity index (χ4v) is 3.62. The molecule has 0 aliphatic carbocycles. The summed E-state index contributed by atoms with van der Waals surface area (Å²) in [5.74, 6) is 0.0803. The number of benzene rings is 2. The number of fused-ring (bicyclic) bond motifs is 1. The number of carbonyl (C=O) groups is 1. The summed E-state index contributed by atoms with van der Waals surface area (Å²) in [6.07, 6.45) is 1.07. The van der Waals surface area contributed by atoms with E-state index in [0.29, 0.717) is 13.1 Å². The van der Waals surface area contributed by atoms with Crippen molar-refractivity contribution in [1.29, 1.82) is 0 Å². The van der Waals surface area contributed by atoms with Gasteiger partial charge in [-0.25, -0.2) is 0 Å². The van der Waals surface area contributed by atoms with Crippen molar-refractivity contribution < 1.29 is 4.79 Å². The minimum absolute atomic E-state index is 0. The molecule has 1 heterocycles. The van der Waals surface area contributed by atoms with Gasteiger partial charge in [0.2, 0.25) is 5.91 Å². The molecule has 1 aliphatic rings. The summed E-state index contributed by atoms with van der Waals surface area (Å²) in [5, 5.41) is 5.55. The van der Waals surface area contributed by atoms with Crippen LogP contribution in [0.25, 0.3) is 10.8 Å². The van der Waals surface area contributed by atoms with Crippen LogP contribution in [0.15, 0.2) is 42.5 Å². The standard InChI is InChI=1S/C20H27N3O.ClH/c1-15(17-9-5-7-16-6-3-4-8-18(16)17)22-19(24)12-23-11-10-20(2,13-21)14-23;/h3-9,15H,10-14,21H2,1-2H3,(H,22,24);1H. The zero-order valence-corrected chi connectivity index (χ0v) is 15.8. The fraction of sp³-hybridized carbons (Fsp3) is 0.450. The average molecular weight is 362 g/mol. The Labute approximate surface area is 156 Å². The van der Waals surface area contributed by atoms with E-state index in [-0.39, 0.29) is 29.8 Å². The van der Waals surface area contributed by atoms with Crippen molar-refractivity contribution in [3.63, 3.8) is 0 Å². The first kappa shape index (κ1) is 19.7. The molecule has 1 saturated heterocycles. The van der Waals surface area contributed by atoms with E-state index in [9.17, 15) is 4.79 Å². The predicted octanol–water partition coefficient (Wildman–Crippen LogP) is 3.11. The number of nitrogens with zero attached hydrogens (tertiary/aromatic N) is 1. The largest absolute Gasteiger partial charge is 0.348 e. The van der Waals surface area contributed by atoms with Gasteiger partial charge in [0.25, 0.3) is 0 Å². The molecule has 1 amide bonds. The second-order valence-corrected chi connectivity index (χ2v) is 7.33. The van der Waals surface area contributed by atoms with Crippen LogP contribution in [-0.4, -0.2) is 37.0 Å². The van der Waals surface area contributed by atoms with Crippen LogP contribution in [0.4, 0.5) is 0 Å². The SMILES string of the molecule is CC(NC(=O)CN1CCC(C)(CN)C1)c1cccc2ccccc12.Cl. The summed E-state index contributed by atoms with van der Waals surface area (Å²) in [4.78, 5) is 14.6. The summed E-state index contributed by atoms with van der Waals surface area (Å²) in [5.41, 5.74) is 7.16. The molecule has 2 aromatic rings. The number of nitrogens with two attached hydrogens (primary N) is 1. The third-order valence-corrected chi connectivity index (χ3v) is 5.16. The van der Waals surface area contributed by atoms with Crippen molar-refractivity contribution in [2.75, 3.05) is 26.2 Å². The van der Waals surface area contributed by atoms with Crippen molar-refractivity contribution >= 4 is 29.1 Å². The first-order valence-corrected chi connectivity index (χ1v) is 8.70.